The Hall–Kier alpha value is -1.89. The van der Waals surface area contributed by atoms with Gasteiger partial charge in [0.05, 0.1) is 19.3 Å². The Labute approximate surface area is 107 Å². The Morgan fingerprint density at radius 2 is 2.44 bits per heavy atom. The number of hydrogen-bond acceptors (Lipinski definition) is 6. The molecule has 1 aliphatic heterocycles. The molecule has 2 aromatic heterocycles. The predicted octanol–water partition coefficient (Wildman–Crippen LogP) is 1.34. The number of carbonyl (C=O) groups excluding carboxylic acids is 1. The van der Waals surface area contributed by atoms with E-state index in [0.717, 1.165) is 0 Å². The van der Waals surface area contributed by atoms with E-state index < -0.39 is 0 Å². The molecule has 0 unspecified atom stereocenters. The summed E-state index contributed by atoms with van der Waals surface area (Å²) >= 11 is 1.45. The molecule has 0 saturated carbocycles. The van der Waals surface area contributed by atoms with Gasteiger partial charge in [-0.3, -0.25) is 4.79 Å². The molecule has 1 saturated heterocycles. The van der Waals surface area contributed by atoms with E-state index in [1.165, 1.54) is 17.5 Å². The highest BCUT2D eigenvalue weighted by Crippen LogP contribution is 2.22. The molecule has 18 heavy (non-hydrogen) atoms. The van der Waals surface area contributed by atoms with Gasteiger partial charge in [-0.2, -0.15) is 0 Å². The maximum Gasteiger partial charge on any atom is 0.273 e. The number of nitrogens with zero attached hydrogens (tertiary/aromatic N) is 3. The van der Waals surface area contributed by atoms with Crippen molar-refractivity contribution in [2.24, 2.45) is 0 Å². The van der Waals surface area contributed by atoms with Crippen molar-refractivity contribution in [3.05, 3.63) is 29.1 Å². The third-order valence-corrected chi connectivity index (χ3v) is 3.45. The molecule has 0 radical (unpaired) electrons. The summed E-state index contributed by atoms with van der Waals surface area (Å²) < 4.78 is 10.5. The molecule has 1 aliphatic rings. The average molecular weight is 265 g/mol. The van der Waals surface area contributed by atoms with Crippen LogP contribution in [0.2, 0.25) is 0 Å². The van der Waals surface area contributed by atoms with Gasteiger partial charge in [-0.25, -0.2) is 4.98 Å². The Balaban J connectivity index is 1.56. The highest BCUT2D eigenvalue weighted by atomic mass is 32.1. The van der Waals surface area contributed by atoms with Crippen LogP contribution in [0.3, 0.4) is 0 Å². The molecule has 7 heteroatoms. The predicted molar refractivity (Wildman–Crippen MR) is 63.7 cm³/mol. The van der Waals surface area contributed by atoms with Gasteiger partial charge in [0, 0.05) is 11.6 Å². The molecular weight excluding hydrogens is 254 g/mol. The summed E-state index contributed by atoms with van der Waals surface area (Å²) in [6.45, 7) is 2.87. The molecule has 3 heterocycles. The highest BCUT2D eigenvalue weighted by Gasteiger charge is 2.34. The zero-order valence-corrected chi connectivity index (χ0v) is 10.5. The SMILES string of the molecule is Cc1oncc1C(=O)N1CC(Oc2nccs2)C1. The van der Waals surface area contributed by atoms with Gasteiger partial charge in [0.15, 0.2) is 0 Å². The van der Waals surface area contributed by atoms with Crippen molar-refractivity contribution < 1.29 is 14.1 Å². The van der Waals surface area contributed by atoms with E-state index in [9.17, 15) is 4.79 Å². The first-order chi connectivity index (χ1) is 8.74. The molecular formula is C11H11N3O3S. The van der Waals surface area contributed by atoms with Crippen LogP contribution in [0.25, 0.3) is 0 Å². The van der Waals surface area contributed by atoms with Gasteiger partial charge in [-0.15, -0.1) is 0 Å². The summed E-state index contributed by atoms with van der Waals surface area (Å²) in [7, 11) is 0. The van der Waals surface area contributed by atoms with Gasteiger partial charge in [0.2, 0.25) is 0 Å². The first-order valence-corrected chi connectivity index (χ1v) is 6.38. The molecule has 0 aliphatic carbocycles. The number of rotatable bonds is 3. The minimum absolute atomic E-state index is 0.0280. The standard InChI is InChI=1S/C11H11N3O3S/c1-7-9(4-13-17-7)10(15)14-5-8(6-14)16-11-12-2-3-18-11/h2-4,8H,5-6H2,1H3. The number of amides is 1. The molecule has 6 nitrogen and oxygen atoms in total. The minimum Gasteiger partial charge on any atom is -0.463 e. The Morgan fingerprint density at radius 3 is 3.06 bits per heavy atom. The van der Waals surface area contributed by atoms with Crippen molar-refractivity contribution in [2.75, 3.05) is 13.1 Å². The van der Waals surface area contributed by atoms with Crippen molar-refractivity contribution in [1.82, 2.24) is 15.0 Å². The lowest BCUT2D eigenvalue weighted by molar-refractivity contribution is 0.0176. The Morgan fingerprint density at radius 1 is 1.61 bits per heavy atom. The number of hydrogen-bond donors (Lipinski definition) is 0. The molecule has 0 spiro atoms. The van der Waals surface area contributed by atoms with E-state index in [4.69, 9.17) is 9.26 Å². The van der Waals surface area contributed by atoms with E-state index in [-0.39, 0.29) is 12.0 Å². The summed E-state index contributed by atoms with van der Waals surface area (Å²) in [5.41, 5.74) is 0.516. The third-order valence-electron chi connectivity index (χ3n) is 2.79. The highest BCUT2D eigenvalue weighted by molar-refractivity contribution is 7.11. The molecule has 0 N–H and O–H groups in total. The first-order valence-electron chi connectivity index (χ1n) is 5.51. The largest absolute Gasteiger partial charge is 0.463 e. The minimum atomic E-state index is -0.0623. The maximum absolute atomic E-state index is 12.0. The number of carbonyl (C=O) groups is 1. The Bertz CT molecular complexity index is 546. The second-order valence-electron chi connectivity index (χ2n) is 4.04. The first kappa shape index (κ1) is 11.2. The monoisotopic (exact) mass is 265 g/mol. The fourth-order valence-electron chi connectivity index (χ4n) is 1.76. The molecule has 0 aromatic carbocycles. The van der Waals surface area contributed by atoms with Gasteiger partial charge in [0.25, 0.3) is 11.1 Å². The summed E-state index contributed by atoms with van der Waals surface area (Å²) in [6.07, 6.45) is 3.18. The topological polar surface area (TPSA) is 68.5 Å². The fraction of sp³-hybridized carbons (Fsp3) is 0.364. The third kappa shape index (κ3) is 1.97. The Kier molecular flexibility index (Phi) is 2.75. The van der Waals surface area contributed by atoms with Crippen molar-refractivity contribution in [3.63, 3.8) is 0 Å². The van der Waals surface area contributed by atoms with Crippen molar-refractivity contribution >= 4 is 17.2 Å². The van der Waals surface area contributed by atoms with Crippen LogP contribution >= 0.6 is 11.3 Å². The smallest absolute Gasteiger partial charge is 0.273 e. The van der Waals surface area contributed by atoms with Crippen LogP contribution in [0.4, 0.5) is 0 Å². The van der Waals surface area contributed by atoms with Crippen LogP contribution in [0.15, 0.2) is 22.3 Å². The number of thiazole rings is 1. The van der Waals surface area contributed by atoms with Gasteiger partial charge in [-0.05, 0) is 6.92 Å². The summed E-state index contributed by atoms with van der Waals surface area (Å²) in [5.74, 6) is 0.483. The maximum atomic E-state index is 12.0. The van der Waals surface area contributed by atoms with Gasteiger partial charge in [0.1, 0.15) is 17.4 Å². The van der Waals surface area contributed by atoms with Crippen molar-refractivity contribution in [3.8, 4) is 5.19 Å². The number of ether oxygens (including phenoxy) is 1. The summed E-state index contributed by atoms with van der Waals surface area (Å²) in [5, 5.41) is 6.11. The zero-order valence-electron chi connectivity index (χ0n) is 9.70. The van der Waals surface area contributed by atoms with Crippen LogP contribution in [-0.4, -0.2) is 40.1 Å². The van der Waals surface area contributed by atoms with Gasteiger partial charge < -0.3 is 14.2 Å². The lowest BCUT2D eigenvalue weighted by Crippen LogP contribution is -2.56. The number of likely N-dealkylation sites (tertiary alicyclic amines) is 1. The molecule has 1 fully saturated rings. The summed E-state index contributed by atoms with van der Waals surface area (Å²) in [4.78, 5) is 17.8. The van der Waals surface area contributed by atoms with Crippen LogP contribution in [0, 0.1) is 6.92 Å². The molecule has 0 bridgehead atoms. The zero-order chi connectivity index (χ0) is 12.5. The molecule has 0 atom stereocenters. The van der Waals surface area contributed by atoms with Crippen LogP contribution in [0.1, 0.15) is 16.1 Å². The number of aryl methyl sites for hydroxylation is 1. The van der Waals surface area contributed by atoms with Crippen molar-refractivity contribution in [2.45, 2.75) is 13.0 Å². The lowest BCUT2D eigenvalue weighted by Gasteiger charge is -2.38. The van der Waals surface area contributed by atoms with Crippen LogP contribution in [0.5, 0.6) is 5.19 Å². The second kappa shape index (κ2) is 4.41. The molecule has 2 aromatic rings. The van der Waals surface area contributed by atoms with E-state index in [1.807, 2.05) is 5.38 Å². The van der Waals surface area contributed by atoms with Gasteiger partial charge in [-0.1, -0.05) is 16.5 Å². The van der Waals surface area contributed by atoms with Crippen LogP contribution in [-0.2, 0) is 0 Å². The van der Waals surface area contributed by atoms with E-state index in [1.54, 1.807) is 18.0 Å². The lowest BCUT2D eigenvalue weighted by atomic mass is 10.1. The van der Waals surface area contributed by atoms with E-state index in [0.29, 0.717) is 29.6 Å². The van der Waals surface area contributed by atoms with Crippen LogP contribution < -0.4 is 4.74 Å². The normalized spacial score (nSPS) is 15.5. The van der Waals surface area contributed by atoms with Crippen molar-refractivity contribution in [1.29, 1.82) is 0 Å². The number of aromatic nitrogens is 2. The van der Waals surface area contributed by atoms with E-state index >= 15 is 0 Å². The van der Waals surface area contributed by atoms with E-state index in [2.05, 4.69) is 10.1 Å². The quantitative estimate of drug-likeness (QED) is 0.837. The second-order valence-corrected chi connectivity index (χ2v) is 4.90. The molecule has 1 amide bonds. The summed E-state index contributed by atoms with van der Waals surface area (Å²) in [6, 6.07) is 0. The molecule has 3 rings (SSSR count). The fourth-order valence-corrected chi connectivity index (χ4v) is 2.32. The van der Waals surface area contributed by atoms with Gasteiger partial charge >= 0.3 is 0 Å². The molecule has 94 valence electrons. The average Bonchev–Trinajstić information content (AvgIpc) is 2.93.